The average molecular weight is 177 g/mol. The van der Waals surface area contributed by atoms with Gasteiger partial charge in [-0.1, -0.05) is 0 Å². The van der Waals surface area contributed by atoms with Gasteiger partial charge in [-0.25, -0.2) is 0 Å². The molecular formula is C6H11NO3S. The summed E-state index contributed by atoms with van der Waals surface area (Å²) < 4.78 is 11.0. The summed E-state index contributed by atoms with van der Waals surface area (Å²) in [6, 6.07) is -0.610. The van der Waals surface area contributed by atoms with E-state index in [1.54, 1.807) is 6.26 Å². The second-order valence-electron chi connectivity index (χ2n) is 2.60. The number of carboxylic acid groups (broad SMARTS) is 1. The largest absolute Gasteiger partial charge is 0.480 e. The van der Waals surface area contributed by atoms with Gasteiger partial charge in [0.2, 0.25) is 0 Å². The van der Waals surface area contributed by atoms with Gasteiger partial charge in [-0.3, -0.25) is 9.00 Å². The summed E-state index contributed by atoms with van der Waals surface area (Å²) in [4.78, 5) is 10.5. The molecule has 0 aromatic carbocycles. The second-order valence-corrected chi connectivity index (χ2v) is 4.20. The quantitative estimate of drug-likeness (QED) is 0.578. The summed E-state index contributed by atoms with van der Waals surface area (Å²) in [5.74, 6) is -0.900. The number of rotatable bonds is 2. The summed E-state index contributed by atoms with van der Waals surface area (Å²) in [6.45, 7) is 0.654. The van der Waals surface area contributed by atoms with Crippen LogP contribution in [0.2, 0.25) is 0 Å². The first-order chi connectivity index (χ1) is 5.13. The van der Waals surface area contributed by atoms with E-state index < -0.39 is 22.8 Å². The van der Waals surface area contributed by atoms with Crippen LogP contribution in [0.1, 0.15) is 6.42 Å². The first-order valence-electron chi connectivity index (χ1n) is 3.41. The molecule has 0 amide bonds. The van der Waals surface area contributed by atoms with Gasteiger partial charge in [0.25, 0.3) is 0 Å². The first-order valence-corrected chi connectivity index (χ1v) is 5.03. The monoisotopic (exact) mass is 177 g/mol. The van der Waals surface area contributed by atoms with E-state index in [2.05, 4.69) is 5.32 Å². The molecule has 11 heavy (non-hydrogen) atoms. The zero-order valence-corrected chi connectivity index (χ0v) is 7.06. The van der Waals surface area contributed by atoms with Gasteiger partial charge in [0, 0.05) is 17.1 Å². The normalized spacial score (nSPS) is 33.5. The van der Waals surface area contributed by atoms with Crippen molar-refractivity contribution >= 4 is 16.8 Å². The Labute approximate surface area is 67.4 Å². The molecule has 2 unspecified atom stereocenters. The molecule has 4 nitrogen and oxygen atoms in total. The SMILES string of the molecule is CS(=O)C1CCN[C@@H]1C(=O)O. The lowest BCUT2D eigenvalue weighted by atomic mass is 10.2. The van der Waals surface area contributed by atoms with E-state index in [1.165, 1.54) is 0 Å². The van der Waals surface area contributed by atoms with E-state index in [9.17, 15) is 9.00 Å². The van der Waals surface area contributed by atoms with Crippen molar-refractivity contribution in [2.75, 3.05) is 12.8 Å². The predicted molar refractivity (Wildman–Crippen MR) is 41.9 cm³/mol. The van der Waals surface area contributed by atoms with Gasteiger partial charge >= 0.3 is 5.97 Å². The molecule has 1 aliphatic heterocycles. The minimum atomic E-state index is -1.03. The Bertz CT molecular complexity index is 174. The Morgan fingerprint density at radius 3 is 2.73 bits per heavy atom. The molecule has 1 fully saturated rings. The molecule has 64 valence electrons. The molecule has 0 aliphatic carbocycles. The van der Waals surface area contributed by atoms with Gasteiger partial charge in [0.15, 0.2) is 0 Å². The van der Waals surface area contributed by atoms with Crippen molar-refractivity contribution in [2.24, 2.45) is 0 Å². The highest BCUT2D eigenvalue weighted by molar-refractivity contribution is 7.85. The van der Waals surface area contributed by atoms with Crippen LogP contribution < -0.4 is 5.32 Å². The maximum atomic E-state index is 11.0. The van der Waals surface area contributed by atoms with Crippen molar-refractivity contribution in [3.05, 3.63) is 0 Å². The van der Waals surface area contributed by atoms with Crippen LogP contribution in [0.25, 0.3) is 0 Å². The van der Waals surface area contributed by atoms with E-state index in [0.29, 0.717) is 13.0 Å². The van der Waals surface area contributed by atoms with Crippen molar-refractivity contribution in [3.63, 3.8) is 0 Å². The fraction of sp³-hybridized carbons (Fsp3) is 0.833. The van der Waals surface area contributed by atoms with Gasteiger partial charge in [0.05, 0.1) is 5.25 Å². The van der Waals surface area contributed by atoms with E-state index in [4.69, 9.17) is 5.11 Å². The molecule has 0 radical (unpaired) electrons. The molecule has 0 aromatic rings. The molecule has 1 saturated heterocycles. The fourth-order valence-electron chi connectivity index (χ4n) is 1.28. The summed E-state index contributed by atoms with van der Waals surface area (Å²) in [5, 5.41) is 11.2. The summed E-state index contributed by atoms with van der Waals surface area (Å²) >= 11 is 0. The van der Waals surface area contributed by atoms with E-state index in [0.717, 1.165) is 0 Å². The molecular weight excluding hydrogens is 166 g/mol. The maximum absolute atomic E-state index is 11.0. The highest BCUT2D eigenvalue weighted by Crippen LogP contribution is 2.12. The van der Waals surface area contributed by atoms with Gasteiger partial charge in [0.1, 0.15) is 6.04 Å². The van der Waals surface area contributed by atoms with Crippen LogP contribution in [0, 0.1) is 0 Å². The van der Waals surface area contributed by atoms with Crippen LogP contribution >= 0.6 is 0 Å². The Morgan fingerprint density at radius 2 is 2.36 bits per heavy atom. The summed E-state index contributed by atoms with van der Waals surface area (Å²) in [7, 11) is -1.03. The van der Waals surface area contributed by atoms with Crippen LogP contribution in [-0.4, -0.2) is 39.4 Å². The van der Waals surface area contributed by atoms with Crippen molar-refractivity contribution < 1.29 is 14.1 Å². The first kappa shape index (κ1) is 8.67. The molecule has 0 aromatic heterocycles. The molecule has 2 N–H and O–H groups in total. The Balaban J connectivity index is 2.65. The fourth-order valence-corrected chi connectivity index (χ4v) is 2.33. The molecule has 0 saturated carbocycles. The van der Waals surface area contributed by atoms with Crippen LogP contribution in [0.3, 0.4) is 0 Å². The van der Waals surface area contributed by atoms with Gasteiger partial charge in [-0.05, 0) is 13.0 Å². The number of carboxylic acids is 1. The molecule has 3 atom stereocenters. The molecule has 1 rings (SSSR count). The van der Waals surface area contributed by atoms with Crippen molar-refractivity contribution in [3.8, 4) is 0 Å². The summed E-state index contributed by atoms with van der Waals surface area (Å²) in [5.41, 5.74) is 0. The molecule has 1 aliphatic rings. The third-order valence-corrected chi connectivity index (χ3v) is 3.22. The van der Waals surface area contributed by atoms with E-state index >= 15 is 0 Å². The lowest BCUT2D eigenvalue weighted by Crippen LogP contribution is -2.40. The minimum absolute atomic E-state index is 0.215. The Morgan fingerprint density at radius 1 is 1.73 bits per heavy atom. The maximum Gasteiger partial charge on any atom is 0.321 e. The molecule has 1 heterocycles. The lowest BCUT2D eigenvalue weighted by molar-refractivity contribution is -0.138. The van der Waals surface area contributed by atoms with E-state index in [-0.39, 0.29) is 5.25 Å². The molecule has 5 heteroatoms. The second kappa shape index (κ2) is 3.32. The van der Waals surface area contributed by atoms with Gasteiger partial charge < -0.3 is 10.4 Å². The van der Waals surface area contributed by atoms with Crippen LogP contribution in [0.5, 0.6) is 0 Å². The topological polar surface area (TPSA) is 66.4 Å². The molecule has 0 spiro atoms. The minimum Gasteiger partial charge on any atom is -0.480 e. The van der Waals surface area contributed by atoms with Crippen molar-refractivity contribution in [2.45, 2.75) is 17.7 Å². The Kier molecular flexibility index (Phi) is 2.62. The standard InChI is InChI=1S/C6H11NO3S/c1-11(10)4-2-3-7-5(4)6(8)9/h4-5,7H,2-3H2,1H3,(H,8,9)/t4?,5-,11?/m0/s1. The lowest BCUT2D eigenvalue weighted by Gasteiger charge is -2.11. The van der Waals surface area contributed by atoms with Crippen molar-refractivity contribution in [1.82, 2.24) is 5.32 Å². The zero-order chi connectivity index (χ0) is 8.43. The van der Waals surface area contributed by atoms with Crippen LogP contribution in [0.15, 0.2) is 0 Å². The van der Waals surface area contributed by atoms with Crippen LogP contribution in [0.4, 0.5) is 0 Å². The number of carbonyl (C=O) groups is 1. The number of nitrogens with one attached hydrogen (secondary N) is 1. The number of hydrogen-bond donors (Lipinski definition) is 2. The third-order valence-electron chi connectivity index (χ3n) is 1.86. The third kappa shape index (κ3) is 1.78. The average Bonchev–Trinajstić information content (AvgIpc) is 2.32. The zero-order valence-electron chi connectivity index (χ0n) is 6.24. The number of hydrogen-bond acceptors (Lipinski definition) is 3. The predicted octanol–water partition coefficient (Wildman–Crippen LogP) is -0.820. The number of aliphatic carboxylic acids is 1. The highest BCUT2D eigenvalue weighted by Gasteiger charge is 2.34. The van der Waals surface area contributed by atoms with Gasteiger partial charge in [-0.15, -0.1) is 0 Å². The van der Waals surface area contributed by atoms with E-state index in [1.807, 2.05) is 0 Å². The highest BCUT2D eigenvalue weighted by atomic mass is 32.2. The Hall–Kier alpha value is -0.420. The van der Waals surface area contributed by atoms with Crippen molar-refractivity contribution in [1.29, 1.82) is 0 Å². The van der Waals surface area contributed by atoms with Gasteiger partial charge in [-0.2, -0.15) is 0 Å². The smallest absolute Gasteiger partial charge is 0.321 e. The van der Waals surface area contributed by atoms with Crippen LogP contribution in [-0.2, 0) is 15.6 Å². The summed E-state index contributed by atoms with van der Waals surface area (Å²) in [6.07, 6.45) is 2.24. The molecule has 0 bridgehead atoms.